The maximum absolute atomic E-state index is 12.3. The second kappa shape index (κ2) is 9.96. The van der Waals surface area contributed by atoms with Gasteiger partial charge in [0, 0.05) is 42.9 Å². The van der Waals surface area contributed by atoms with Gasteiger partial charge in [-0.1, -0.05) is 6.07 Å². The molecular weight excluding hydrogens is 362 g/mol. The van der Waals surface area contributed by atoms with Gasteiger partial charge in [0.05, 0.1) is 14.2 Å². The van der Waals surface area contributed by atoms with Crippen molar-refractivity contribution < 1.29 is 23.9 Å². The zero-order valence-corrected chi connectivity index (χ0v) is 16.0. The van der Waals surface area contributed by atoms with Crippen LogP contribution in [-0.4, -0.2) is 45.0 Å². The highest BCUT2D eigenvalue weighted by Crippen LogP contribution is 2.22. The molecule has 0 saturated heterocycles. The van der Waals surface area contributed by atoms with Crippen LogP contribution in [0.2, 0.25) is 0 Å². The third-order valence-corrected chi connectivity index (χ3v) is 3.75. The number of methoxy groups -OCH3 is 2. The first kappa shape index (κ1) is 20.8. The Bertz CT molecular complexity index is 844. The lowest BCUT2D eigenvalue weighted by Crippen LogP contribution is -2.34. The van der Waals surface area contributed by atoms with E-state index in [1.54, 1.807) is 42.5 Å². The van der Waals surface area contributed by atoms with E-state index in [2.05, 4.69) is 16.0 Å². The van der Waals surface area contributed by atoms with E-state index in [0.29, 0.717) is 28.3 Å². The highest BCUT2D eigenvalue weighted by Gasteiger charge is 2.10. The van der Waals surface area contributed by atoms with E-state index in [1.165, 1.54) is 21.1 Å². The average molecular weight is 385 g/mol. The molecule has 0 radical (unpaired) electrons. The summed E-state index contributed by atoms with van der Waals surface area (Å²) in [4.78, 5) is 35.6. The third kappa shape index (κ3) is 6.01. The number of benzene rings is 2. The molecular formula is C20H23N3O5. The van der Waals surface area contributed by atoms with Crippen molar-refractivity contribution in [2.24, 2.45) is 0 Å². The van der Waals surface area contributed by atoms with Gasteiger partial charge in [0.15, 0.2) is 0 Å². The van der Waals surface area contributed by atoms with Gasteiger partial charge in [0.2, 0.25) is 5.91 Å². The molecule has 0 aliphatic carbocycles. The minimum absolute atomic E-state index is 0.213. The fourth-order valence-corrected chi connectivity index (χ4v) is 2.44. The lowest BCUT2D eigenvalue weighted by molar-refractivity contribution is -0.114. The van der Waals surface area contributed by atoms with Crippen molar-refractivity contribution in [1.29, 1.82) is 0 Å². The fraction of sp³-hybridized carbons (Fsp3) is 0.250. The SMILES string of the molecule is COc1cc(OC)cc(C(=O)NCCNC(=O)c2cccc(NC(C)=O)c2)c1. The molecule has 3 N–H and O–H groups in total. The molecule has 0 spiro atoms. The lowest BCUT2D eigenvalue weighted by Gasteiger charge is -2.10. The molecule has 148 valence electrons. The van der Waals surface area contributed by atoms with Gasteiger partial charge in [0.25, 0.3) is 11.8 Å². The van der Waals surface area contributed by atoms with Crippen LogP contribution in [0.3, 0.4) is 0 Å². The number of anilines is 1. The van der Waals surface area contributed by atoms with Crippen molar-refractivity contribution in [3.63, 3.8) is 0 Å². The summed E-state index contributed by atoms with van der Waals surface area (Å²) in [5.74, 6) is 0.201. The summed E-state index contributed by atoms with van der Waals surface area (Å²) < 4.78 is 10.3. The molecule has 3 amide bonds. The highest BCUT2D eigenvalue weighted by molar-refractivity contribution is 5.97. The summed E-state index contributed by atoms with van der Waals surface area (Å²) in [6, 6.07) is 11.5. The van der Waals surface area contributed by atoms with E-state index in [4.69, 9.17) is 9.47 Å². The first-order chi connectivity index (χ1) is 13.4. The summed E-state index contributed by atoms with van der Waals surface area (Å²) >= 11 is 0. The maximum Gasteiger partial charge on any atom is 0.251 e. The van der Waals surface area contributed by atoms with Crippen LogP contribution in [0.15, 0.2) is 42.5 Å². The number of amides is 3. The van der Waals surface area contributed by atoms with Gasteiger partial charge < -0.3 is 25.4 Å². The Balaban J connectivity index is 1.86. The van der Waals surface area contributed by atoms with Gasteiger partial charge in [-0.3, -0.25) is 14.4 Å². The highest BCUT2D eigenvalue weighted by atomic mass is 16.5. The van der Waals surface area contributed by atoms with Crippen LogP contribution >= 0.6 is 0 Å². The van der Waals surface area contributed by atoms with E-state index < -0.39 is 0 Å². The topological polar surface area (TPSA) is 106 Å². The van der Waals surface area contributed by atoms with Gasteiger partial charge in [-0.05, 0) is 30.3 Å². The van der Waals surface area contributed by atoms with Crippen LogP contribution in [0, 0.1) is 0 Å². The molecule has 0 aliphatic rings. The van der Waals surface area contributed by atoms with Crippen LogP contribution < -0.4 is 25.4 Å². The molecule has 0 fully saturated rings. The summed E-state index contributed by atoms with van der Waals surface area (Å²) in [5.41, 5.74) is 1.35. The number of ether oxygens (including phenoxy) is 2. The zero-order chi connectivity index (χ0) is 20.5. The Labute approximate surface area is 163 Å². The maximum atomic E-state index is 12.3. The number of hydrogen-bond acceptors (Lipinski definition) is 5. The van der Waals surface area contributed by atoms with E-state index in [1.807, 2.05) is 0 Å². The van der Waals surface area contributed by atoms with Gasteiger partial charge in [-0.2, -0.15) is 0 Å². The molecule has 0 saturated carbocycles. The van der Waals surface area contributed by atoms with Crippen molar-refractivity contribution >= 4 is 23.4 Å². The Morgan fingerprint density at radius 2 is 1.39 bits per heavy atom. The van der Waals surface area contributed by atoms with Crippen LogP contribution in [0.5, 0.6) is 11.5 Å². The van der Waals surface area contributed by atoms with Crippen molar-refractivity contribution in [3.05, 3.63) is 53.6 Å². The summed E-state index contributed by atoms with van der Waals surface area (Å²) in [5, 5.41) is 8.06. The van der Waals surface area contributed by atoms with E-state index in [9.17, 15) is 14.4 Å². The Morgan fingerprint density at radius 1 is 0.821 bits per heavy atom. The smallest absolute Gasteiger partial charge is 0.251 e. The molecule has 0 atom stereocenters. The standard InChI is InChI=1S/C20H23N3O5/c1-13(24)23-16-6-4-5-14(9-16)19(25)21-7-8-22-20(26)15-10-17(27-2)12-18(11-15)28-3/h4-6,9-12H,7-8H2,1-3H3,(H,21,25)(H,22,26)(H,23,24). The molecule has 0 bridgehead atoms. The predicted octanol–water partition coefficient (Wildman–Crippen LogP) is 1.82. The third-order valence-electron chi connectivity index (χ3n) is 3.75. The predicted molar refractivity (Wildman–Crippen MR) is 105 cm³/mol. The quantitative estimate of drug-likeness (QED) is 0.601. The van der Waals surface area contributed by atoms with Crippen LogP contribution in [0.25, 0.3) is 0 Å². The summed E-state index contributed by atoms with van der Waals surface area (Å²) in [7, 11) is 3.01. The Hall–Kier alpha value is -3.55. The lowest BCUT2D eigenvalue weighted by atomic mass is 10.2. The average Bonchev–Trinajstić information content (AvgIpc) is 2.70. The fourth-order valence-electron chi connectivity index (χ4n) is 2.44. The van der Waals surface area contributed by atoms with Crippen molar-refractivity contribution in [2.45, 2.75) is 6.92 Å². The molecule has 28 heavy (non-hydrogen) atoms. The zero-order valence-electron chi connectivity index (χ0n) is 16.0. The number of hydrogen-bond donors (Lipinski definition) is 3. The number of rotatable bonds is 8. The minimum Gasteiger partial charge on any atom is -0.497 e. The molecule has 2 aromatic rings. The van der Waals surface area contributed by atoms with Gasteiger partial charge >= 0.3 is 0 Å². The molecule has 8 heteroatoms. The van der Waals surface area contributed by atoms with Crippen LogP contribution in [0.1, 0.15) is 27.6 Å². The van der Waals surface area contributed by atoms with Gasteiger partial charge in [-0.15, -0.1) is 0 Å². The molecule has 2 rings (SSSR count). The monoisotopic (exact) mass is 385 g/mol. The van der Waals surface area contributed by atoms with E-state index >= 15 is 0 Å². The summed E-state index contributed by atoms with van der Waals surface area (Å²) in [6.07, 6.45) is 0. The molecule has 0 aliphatic heterocycles. The van der Waals surface area contributed by atoms with Crippen LogP contribution in [-0.2, 0) is 4.79 Å². The van der Waals surface area contributed by atoms with Crippen LogP contribution in [0.4, 0.5) is 5.69 Å². The number of carbonyl (C=O) groups is 3. The number of carbonyl (C=O) groups excluding carboxylic acids is 3. The molecule has 0 heterocycles. The minimum atomic E-state index is -0.306. The molecule has 2 aromatic carbocycles. The van der Waals surface area contributed by atoms with E-state index in [0.717, 1.165) is 0 Å². The number of nitrogens with one attached hydrogen (secondary N) is 3. The van der Waals surface area contributed by atoms with Gasteiger partial charge in [-0.25, -0.2) is 0 Å². The van der Waals surface area contributed by atoms with Crippen molar-refractivity contribution in [1.82, 2.24) is 10.6 Å². The van der Waals surface area contributed by atoms with Crippen molar-refractivity contribution in [3.8, 4) is 11.5 Å². The second-order valence-corrected chi connectivity index (χ2v) is 5.88. The summed E-state index contributed by atoms with van der Waals surface area (Å²) in [6.45, 7) is 1.89. The normalized spacial score (nSPS) is 9.96. The Morgan fingerprint density at radius 3 is 1.93 bits per heavy atom. The Kier molecular flexibility index (Phi) is 7.38. The molecule has 0 aromatic heterocycles. The molecule has 0 unspecified atom stereocenters. The van der Waals surface area contributed by atoms with Crippen molar-refractivity contribution in [2.75, 3.05) is 32.6 Å². The van der Waals surface area contributed by atoms with E-state index in [-0.39, 0.29) is 30.8 Å². The first-order valence-electron chi connectivity index (χ1n) is 8.60. The largest absolute Gasteiger partial charge is 0.497 e. The molecule has 8 nitrogen and oxygen atoms in total. The van der Waals surface area contributed by atoms with Gasteiger partial charge in [0.1, 0.15) is 11.5 Å². The second-order valence-electron chi connectivity index (χ2n) is 5.88. The first-order valence-corrected chi connectivity index (χ1v) is 8.60.